The lowest BCUT2D eigenvalue weighted by atomic mass is 10.1. The van der Waals surface area contributed by atoms with E-state index in [0.717, 1.165) is 19.4 Å². The molecule has 0 aliphatic carbocycles. The molecule has 0 bridgehead atoms. The predicted molar refractivity (Wildman–Crippen MR) is 87.3 cm³/mol. The van der Waals surface area contributed by atoms with Crippen LogP contribution in [0.3, 0.4) is 0 Å². The van der Waals surface area contributed by atoms with Crippen molar-refractivity contribution < 1.29 is 0 Å². The molecule has 2 rings (SSSR count). The monoisotopic (exact) mass is 328 g/mol. The molecular weight excluding hydrogens is 312 g/mol. The molecule has 0 radical (unpaired) electrons. The van der Waals surface area contributed by atoms with Crippen molar-refractivity contribution in [1.29, 1.82) is 0 Å². The van der Waals surface area contributed by atoms with E-state index in [-0.39, 0.29) is 6.04 Å². The second-order valence-corrected chi connectivity index (χ2v) is 7.20. The normalized spacial score (nSPS) is 12.4. The van der Waals surface area contributed by atoms with Crippen molar-refractivity contribution in [3.05, 3.63) is 28.8 Å². The van der Waals surface area contributed by atoms with E-state index in [9.17, 15) is 0 Å². The first-order chi connectivity index (χ1) is 9.51. The molecule has 1 unspecified atom stereocenters. The molecule has 1 N–H and O–H groups in total. The predicted octanol–water partition coefficient (Wildman–Crippen LogP) is 3.69. The van der Waals surface area contributed by atoms with Crippen LogP contribution in [-0.2, 0) is 0 Å². The maximum absolute atomic E-state index is 6.35. The van der Waals surface area contributed by atoms with Gasteiger partial charge in [-0.05, 0) is 31.7 Å². The van der Waals surface area contributed by atoms with Gasteiger partial charge in [-0.25, -0.2) is 0 Å². The third-order valence-corrected chi connectivity index (χ3v) is 5.51. The maximum Gasteiger partial charge on any atom is 0.208 e. The zero-order chi connectivity index (χ0) is 14.7. The van der Waals surface area contributed by atoms with Crippen LogP contribution >= 0.6 is 34.7 Å². The third-order valence-electron chi connectivity index (χ3n) is 2.86. The summed E-state index contributed by atoms with van der Waals surface area (Å²) in [5, 5.41) is 13.1. The Morgan fingerprint density at radius 2 is 2.10 bits per heavy atom. The van der Waals surface area contributed by atoms with E-state index in [2.05, 4.69) is 28.5 Å². The summed E-state index contributed by atoms with van der Waals surface area (Å²) >= 11 is 9.45. The minimum atomic E-state index is 0.286. The van der Waals surface area contributed by atoms with Crippen molar-refractivity contribution in [2.45, 2.75) is 22.2 Å². The molecule has 0 spiro atoms. The molecule has 20 heavy (non-hydrogen) atoms. The fourth-order valence-electron chi connectivity index (χ4n) is 1.55. The highest BCUT2D eigenvalue weighted by Gasteiger charge is 2.11. The first kappa shape index (κ1) is 15.6. The summed E-state index contributed by atoms with van der Waals surface area (Å²) < 4.78 is 0.894. The zero-order valence-corrected chi connectivity index (χ0v) is 14.2. The van der Waals surface area contributed by atoms with Crippen molar-refractivity contribution in [2.24, 2.45) is 0 Å². The summed E-state index contributed by atoms with van der Waals surface area (Å²) in [7, 11) is 5.84. The molecule has 1 atom stereocenters. The summed E-state index contributed by atoms with van der Waals surface area (Å²) in [5.74, 6) is 0. The van der Waals surface area contributed by atoms with Crippen LogP contribution in [0.25, 0.3) is 0 Å². The second kappa shape index (κ2) is 6.76. The number of rotatable bonds is 5. The van der Waals surface area contributed by atoms with Gasteiger partial charge < -0.3 is 10.2 Å². The van der Waals surface area contributed by atoms with E-state index in [1.54, 1.807) is 23.1 Å². The van der Waals surface area contributed by atoms with Gasteiger partial charge in [0.2, 0.25) is 5.13 Å². The van der Waals surface area contributed by atoms with E-state index < -0.39 is 0 Å². The average Bonchev–Trinajstić information content (AvgIpc) is 2.89. The Morgan fingerprint density at radius 1 is 1.35 bits per heavy atom. The third kappa shape index (κ3) is 3.63. The van der Waals surface area contributed by atoms with E-state index in [4.69, 9.17) is 11.6 Å². The lowest BCUT2D eigenvalue weighted by Gasteiger charge is -2.12. The van der Waals surface area contributed by atoms with Gasteiger partial charge in [-0.2, -0.15) is 0 Å². The number of hydrogen-bond donors (Lipinski definition) is 1. The van der Waals surface area contributed by atoms with Crippen molar-refractivity contribution in [1.82, 2.24) is 15.5 Å². The number of halogens is 1. The van der Waals surface area contributed by atoms with Crippen LogP contribution in [0.4, 0.5) is 5.13 Å². The van der Waals surface area contributed by atoms with E-state index in [1.165, 1.54) is 5.56 Å². The van der Waals surface area contributed by atoms with Gasteiger partial charge >= 0.3 is 0 Å². The first-order valence-corrected chi connectivity index (χ1v) is 8.17. The van der Waals surface area contributed by atoms with Gasteiger partial charge in [0.25, 0.3) is 0 Å². The molecule has 1 aromatic heterocycles. The highest BCUT2D eigenvalue weighted by Crippen LogP contribution is 2.37. The Morgan fingerprint density at radius 3 is 2.65 bits per heavy atom. The van der Waals surface area contributed by atoms with Gasteiger partial charge in [-0.1, -0.05) is 40.8 Å². The summed E-state index contributed by atoms with van der Waals surface area (Å²) in [6, 6.07) is 6.41. The molecule has 0 fully saturated rings. The summed E-state index contributed by atoms with van der Waals surface area (Å²) in [6.07, 6.45) is 0. The number of hydrogen-bond acceptors (Lipinski definition) is 6. The Balaban J connectivity index is 2.16. The minimum Gasteiger partial charge on any atom is -0.353 e. The molecule has 0 aliphatic heterocycles. The smallest absolute Gasteiger partial charge is 0.208 e. The zero-order valence-electron chi connectivity index (χ0n) is 11.8. The summed E-state index contributed by atoms with van der Waals surface area (Å²) in [4.78, 5) is 2.95. The first-order valence-electron chi connectivity index (χ1n) is 6.16. The molecule has 1 heterocycles. The van der Waals surface area contributed by atoms with E-state index >= 15 is 0 Å². The maximum atomic E-state index is 6.35. The fourth-order valence-corrected chi connectivity index (χ4v) is 3.58. The molecule has 0 amide bonds. The van der Waals surface area contributed by atoms with Crippen LogP contribution < -0.4 is 10.2 Å². The Bertz CT molecular complexity index is 586. The van der Waals surface area contributed by atoms with Gasteiger partial charge in [0, 0.05) is 25.0 Å². The number of benzene rings is 1. The van der Waals surface area contributed by atoms with Crippen LogP contribution in [0.15, 0.2) is 27.4 Å². The molecule has 2 aromatic rings. The number of nitrogens with one attached hydrogen (secondary N) is 1. The van der Waals surface area contributed by atoms with Crippen molar-refractivity contribution in [3.8, 4) is 0 Å². The minimum absolute atomic E-state index is 0.286. The Labute approximate surface area is 132 Å². The van der Waals surface area contributed by atoms with Crippen molar-refractivity contribution in [3.63, 3.8) is 0 Å². The summed E-state index contributed by atoms with van der Waals surface area (Å²) in [6.45, 7) is 2.10. The molecule has 4 nitrogen and oxygen atoms in total. The number of anilines is 1. The Kier molecular flexibility index (Phi) is 5.26. The molecule has 108 valence electrons. The molecule has 0 aliphatic rings. The Hall–Kier alpha value is -0.820. The van der Waals surface area contributed by atoms with Crippen LogP contribution in [0, 0.1) is 0 Å². The van der Waals surface area contributed by atoms with Crippen LogP contribution in [0.5, 0.6) is 0 Å². The van der Waals surface area contributed by atoms with Crippen molar-refractivity contribution >= 4 is 39.8 Å². The molecular formula is C13H17ClN4S2. The van der Waals surface area contributed by atoms with Gasteiger partial charge in [-0.15, -0.1) is 10.2 Å². The average molecular weight is 329 g/mol. The second-order valence-electron chi connectivity index (χ2n) is 4.55. The topological polar surface area (TPSA) is 41.1 Å². The van der Waals surface area contributed by atoms with E-state index in [1.807, 2.05) is 38.2 Å². The van der Waals surface area contributed by atoms with Gasteiger partial charge in [0.15, 0.2) is 4.34 Å². The van der Waals surface area contributed by atoms with Crippen LogP contribution in [-0.4, -0.2) is 31.3 Å². The SMILES string of the molecule is CNC(C)c1ccc(Sc2nnc(N(C)C)s2)c(Cl)c1. The summed E-state index contributed by atoms with van der Waals surface area (Å²) in [5.41, 5.74) is 1.17. The van der Waals surface area contributed by atoms with Crippen LogP contribution in [0.1, 0.15) is 18.5 Å². The quantitative estimate of drug-likeness (QED) is 0.906. The largest absolute Gasteiger partial charge is 0.353 e. The highest BCUT2D eigenvalue weighted by atomic mass is 35.5. The number of aromatic nitrogens is 2. The van der Waals surface area contributed by atoms with E-state index in [0.29, 0.717) is 0 Å². The molecule has 7 heteroatoms. The van der Waals surface area contributed by atoms with Gasteiger partial charge in [-0.3, -0.25) is 0 Å². The lowest BCUT2D eigenvalue weighted by molar-refractivity contribution is 0.652. The van der Waals surface area contributed by atoms with Gasteiger partial charge in [0.1, 0.15) is 0 Å². The van der Waals surface area contributed by atoms with Crippen molar-refractivity contribution in [2.75, 3.05) is 26.0 Å². The standard InChI is InChI=1S/C13H17ClN4S2/c1-8(15-2)9-5-6-11(10(14)7-9)19-13-17-16-12(20-13)18(3)4/h5-8,15H,1-4H3. The van der Waals surface area contributed by atoms with Gasteiger partial charge in [0.05, 0.1) is 5.02 Å². The molecule has 0 saturated carbocycles. The molecule has 0 saturated heterocycles. The fraction of sp³-hybridized carbons (Fsp3) is 0.385. The van der Waals surface area contributed by atoms with Crippen LogP contribution in [0.2, 0.25) is 5.02 Å². The highest BCUT2D eigenvalue weighted by molar-refractivity contribution is 8.01. The number of nitrogens with zero attached hydrogens (tertiary/aromatic N) is 3. The molecule has 1 aromatic carbocycles. The lowest BCUT2D eigenvalue weighted by Crippen LogP contribution is -2.12.